The number of halogens is 1. The van der Waals surface area contributed by atoms with E-state index in [1.165, 1.54) is 18.5 Å². The second-order valence-electron chi connectivity index (χ2n) is 7.75. The van der Waals surface area contributed by atoms with E-state index in [-0.39, 0.29) is 17.9 Å². The molecule has 1 aliphatic heterocycles. The fourth-order valence-electron chi connectivity index (χ4n) is 4.16. The minimum atomic E-state index is -3.69. The molecule has 2 unspecified atom stereocenters. The van der Waals surface area contributed by atoms with Gasteiger partial charge in [-0.3, -0.25) is 4.68 Å². The van der Waals surface area contributed by atoms with Gasteiger partial charge >= 0.3 is 0 Å². The molecule has 0 spiro atoms. The lowest BCUT2D eigenvalue weighted by molar-refractivity contribution is 0.304. The van der Waals surface area contributed by atoms with E-state index in [0.717, 1.165) is 30.4 Å². The van der Waals surface area contributed by atoms with Crippen LogP contribution in [0.2, 0.25) is 0 Å². The van der Waals surface area contributed by atoms with Crippen molar-refractivity contribution in [3.05, 3.63) is 78.1 Å². The summed E-state index contributed by atoms with van der Waals surface area (Å²) in [6.07, 6.45) is 6.16. The van der Waals surface area contributed by atoms with Crippen LogP contribution < -0.4 is 0 Å². The Bertz CT molecular complexity index is 1070. The van der Waals surface area contributed by atoms with Gasteiger partial charge in [0.1, 0.15) is 18.5 Å². The van der Waals surface area contributed by atoms with Crippen LogP contribution in [0.15, 0.2) is 66.1 Å². The van der Waals surface area contributed by atoms with Gasteiger partial charge in [0.25, 0.3) is 0 Å². The third kappa shape index (κ3) is 4.29. The number of aryl methyl sites for hydroxylation is 2. The molecule has 2 heterocycles. The third-order valence-corrected chi connectivity index (χ3v) is 7.66. The quantitative estimate of drug-likeness (QED) is 0.568. The van der Waals surface area contributed by atoms with Gasteiger partial charge in [0, 0.05) is 12.6 Å². The van der Waals surface area contributed by atoms with Crippen molar-refractivity contribution in [1.82, 2.24) is 19.1 Å². The molecule has 2 atom stereocenters. The largest absolute Gasteiger partial charge is 0.253 e. The van der Waals surface area contributed by atoms with Crippen LogP contribution in [0.3, 0.4) is 0 Å². The van der Waals surface area contributed by atoms with Gasteiger partial charge in [0.2, 0.25) is 10.0 Å². The average Bonchev–Trinajstić information content (AvgIpc) is 3.39. The summed E-state index contributed by atoms with van der Waals surface area (Å²) in [5.41, 5.74) is 1.83. The van der Waals surface area contributed by atoms with E-state index in [9.17, 15) is 12.8 Å². The molecule has 0 radical (unpaired) electrons. The van der Waals surface area contributed by atoms with Crippen molar-refractivity contribution in [2.24, 2.45) is 0 Å². The molecule has 0 aliphatic carbocycles. The number of nitrogens with zero attached hydrogens (tertiary/aromatic N) is 4. The molecule has 0 saturated carbocycles. The van der Waals surface area contributed by atoms with Gasteiger partial charge in [-0.15, -0.1) is 0 Å². The van der Waals surface area contributed by atoms with E-state index in [4.69, 9.17) is 0 Å². The Kier molecular flexibility index (Phi) is 5.97. The summed E-state index contributed by atoms with van der Waals surface area (Å²) in [7, 11) is -3.69. The molecule has 3 aromatic rings. The average molecular weight is 429 g/mol. The summed E-state index contributed by atoms with van der Waals surface area (Å²) in [4.78, 5) is 4.24. The fourth-order valence-corrected chi connectivity index (χ4v) is 6.05. The van der Waals surface area contributed by atoms with Gasteiger partial charge in [0.05, 0.1) is 10.9 Å². The normalized spacial score (nSPS) is 19.9. The number of sulfonamides is 1. The molecular formula is C22H25FN4O2S. The Morgan fingerprint density at radius 2 is 1.80 bits per heavy atom. The lowest BCUT2D eigenvalue weighted by Gasteiger charge is -2.30. The SMILES string of the molecule is Cc1ccc(S(=O)(=O)N2C(CCCn3cncn3)CCC2c2ccc(F)cc2)cc1. The first-order chi connectivity index (χ1) is 14.4. The molecule has 0 N–H and O–H groups in total. The first-order valence-electron chi connectivity index (χ1n) is 10.1. The van der Waals surface area contributed by atoms with Crippen LogP contribution in [-0.4, -0.2) is 33.5 Å². The second-order valence-corrected chi connectivity index (χ2v) is 9.59. The number of hydrogen-bond acceptors (Lipinski definition) is 4. The van der Waals surface area contributed by atoms with Crippen LogP contribution in [0.5, 0.6) is 0 Å². The molecule has 0 amide bonds. The van der Waals surface area contributed by atoms with Gasteiger partial charge in [-0.2, -0.15) is 9.40 Å². The molecule has 6 nitrogen and oxygen atoms in total. The summed E-state index contributed by atoms with van der Waals surface area (Å²) < 4.78 is 44.1. The van der Waals surface area contributed by atoms with Crippen molar-refractivity contribution in [3.63, 3.8) is 0 Å². The topological polar surface area (TPSA) is 68.1 Å². The maximum Gasteiger partial charge on any atom is 0.243 e. The monoisotopic (exact) mass is 428 g/mol. The number of hydrogen-bond donors (Lipinski definition) is 0. The summed E-state index contributed by atoms with van der Waals surface area (Å²) in [5.74, 6) is -0.325. The van der Waals surface area contributed by atoms with Crippen LogP contribution in [0, 0.1) is 12.7 Å². The highest BCUT2D eigenvalue weighted by molar-refractivity contribution is 7.89. The molecular weight excluding hydrogens is 403 g/mol. The Morgan fingerprint density at radius 3 is 2.47 bits per heavy atom. The number of rotatable bonds is 7. The summed E-state index contributed by atoms with van der Waals surface area (Å²) in [6, 6.07) is 12.7. The van der Waals surface area contributed by atoms with Crippen molar-refractivity contribution in [2.75, 3.05) is 0 Å². The zero-order chi connectivity index (χ0) is 21.1. The van der Waals surface area contributed by atoms with E-state index in [0.29, 0.717) is 17.9 Å². The molecule has 0 bridgehead atoms. The number of benzene rings is 2. The van der Waals surface area contributed by atoms with Gasteiger partial charge < -0.3 is 0 Å². The predicted octanol–water partition coefficient (Wildman–Crippen LogP) is 4.10. The highest BCUT2D eigenvalue weighted by Crippen LogP contribution is 2.42. The van der Waals surface area contributed by atoms with Crippen LogP contribution in [0.25, 0.3) is 0 Å². The molecule has 8 heteroatoms. The lowest BCUT2D eigenvalue weighted by Crippen LogP contribution is -2.37. The van der Waals surface area contributed by atoms with Crippen molar-refractivity contribution in [1.29, 1.82) is 0 Å². The zero-order valence-corrected chi connectivity index (χ0v) is 17.7. The number of aromatic nitrogens is 3. The molecule has 30 heavy (non-hydrogen) atoms. The fraction of sp³-hybridized carbons (Fsp3) is 0.364. The van der Waals surface area contributed by atoms with E-state index < -0.39 is 10.0 Å². The summed E-state index contributed by atoms with van der Waals surface area (Å²) >= 11 is 0. The van der Waals surface area contributed by atoms with Gasteiger partial charge in [0.15, 0.2) is 0 Å². The lowest BCUT2D eigenvalue weighted by atomic mass is 10.0. The highest BCUT2D eigenvalue weighted by atomic mass is 32.2. The first-order valence-corrected chi connectivity index (χ1v) is 11.6. The van der Waals surface area contributed by atoms with Crippen LogP contribution in [-0.2, 0) is 16.6 Å². The first kappa shape index (κ1) is 20.7. The molecule has 1 saturated heterocycles. The molecule has 4 rings (SSSR count). The van der Waals surface area contributed by atoms with Crippen molar-refractivity contribution >= 4 is 10.0 Å². The Morgan fingerprint density at radius 1 is 1.07 bits per heavy atom. The van der Waals surface area contributed by atoms with Gasteiger partial charge in [-0.25, -0.2) is 17.8 Å². The van der Waals surface area contributed by atoms with Crippen LogP contribution in [0.1, 0.15) is 42.9 Å². The molecule has 1 fully saturated rings. The molecule has 1 aliphatic rings. The maximum absolute atomic E-state index is 13.6. The van der Waals surface area contributed by atoms with Gasteiger partial charge in [-0.05, 0) is 62.4 Å². The van der Waals surface area contributed by atoms with E-state index in [2.05, 4.69) is 10.1 Å². The van der Waals surface area contributed by atoms with Crippen LogP contribution >= 0.6 is 0 Å². The van der Waals surface area contributed by atoms with Gasteiger partial charge in [-0.1, -0.05) is 29.8 Å². The zero-order valence-electron chi connectivity index (χ0n) is 16.9. The smallest absolute Gasteiger partial charge is 0.243 e. The Hall–Kier alpha value is -2.58. The molecule has 158 valence electrons. The van der Waals surface area contributed by atoms with E-state index in [1.807, 2.05) is 19.1 Å². The minimum Gasteiger partial charge on any atom is -0.253 e. The molecule has 1 aromatic heterocycles. The summed E-state index contributed by atoms with van der Waals surface area (Å²) in [6.45, 7) is 2.62. The highest BCUT2D eigenvalue weighted by Gasteiger charge is 2.42. The summed E-state index contributed by atoms with van der Waals surface area (Å²) in [5, 5.41) is 4.11. The standard InChI is InChI=1S/C22H25FN4O2S/c1-17-4-11-21(12-5-17)30(28,29)27-20(3-2-14-26-16-24-15-25-26)10-13-22(27)18-6-8-19(23)9-7-18/h4-9,11-12,15-16,20,22H,2-3,10,13-14H2,1H3. The predicted molar refractivity (Wildman–Crippen MR) is 112 cm³/mol. The Balaban J connectivity index is 1.62. The van der Waals surface area contributed by atoms with E-state index in [1.54, 1.807) is 39.6 Å². The van der Waals surface area contributed by atoms with Crippen molar-refractivity contribution in [3.8, 4) is 0 Å². The van der Waals surface area contributed by atoms with E-state index >= 15 is 0 Å². The van der Waals surface area contributed by atoms with Crippen LogP contribution in [0.4, 0.5) is 4.39 Å². The van der Waals surface area contributed by atoms with Crippen molar-refractivity contribution < 1.29 is 12.8 Å². The van der Waals surface area contributed by atoms with Crippen molar-refractivity contribution in [2.45, 2.75) is 56.1 Å². The second kappa shape index (κ2) is 8.65. The minimum absolute atomic E-state index is 0.116. The molecule has 2 aromatic carbocycles. The maximum atomic E-state index is 13.6. The Labute approximate surface area is 176 Å². The third-order valence-electron chi connectivity index (χ3n) is 5.68.